The number of carbonyl (C=O) groups is 1. The number of hydrogen-bond donors (Lipinski definition) is 1. The zero-order chi connectivity index (χ0) is 19.7. The number of aromatic nitrogens is 3. The minimum atomic E-state index is -0.179. The number of carbonyl (C=O) groups excluding carboxylic acids is 1. The number of nitrogens with zero attached hydrogens (tertiary/aromatic N) is 4. The topological polar surface area (TPSA) is 70.7 Å². The summed E-state index contributed by atoms with van der Waals surface area (Å²) in [6.07, 6.45) is 7.17. The number of fused-ring (bicyclic) bond motifs is 1. The van der Waals surface area contributed by atoms with Gasteiger partial charge in [-0.25, -0.2) is 13.9 Å². The van der Waals surface area contributed by atoms with E-state index in [2.05, 4.69) is 10.1 Å². The smallest absolute Gasteiger partial charge is 0.259 e. The molecule has 7 heteroatoms. The summed E-state index contributed by atoms with van der Waals surface area (Å²) in [6.45, 7) is 3.12. The molecule has 3 heterocycles. The van der Waals surface area contributed by atoms with E-state index < -0.39 is 0 Å². The molecule has 4 rings (SSSR count). The van der Waals surface area contributed by atoms with Crippen LogP contribution in [0.3, 0.4) is 0 Å². The van der Waals surface area contributed by atoms with Gasteiger partial charge in [-0.3, -0.25) is 4.79 Å². The molecule has 0 radical (unpaired) electrons. The Bertz CT molecular complexity index is 1020. The van der Waals surface area contributed by atoms with Crippen molar-refractivity contribution in [3.63, 3.8) is 0 Å². The van der Waals surface area contributed by atoms with Gasteiger partial charge in [0.25, 0.3) is 5.91 Å². The molecule has 1 aliphatic heterocycles. The molecule has 1 unspecified atom stereocenters. The first-order chi connectivity index (χ1) is 13.5. The molecule has 3 aromatic rings. The molecule has 0 aliphatic carbocycles. The van der Waals surface area contributed by atoms with Crippen LogP contribution < -0.4 is 0 Å². The van der Waals surface area contributed by atoms with Crippen molar-refractivity contribution >= 4 is 11.6 Å². The summed E-state index contributed by atoms with van der Waals surface area (Å²) < 4.78 is 15.4. The first kappa shape index (κ1) is 18.6. The number of benzene rings is 1. The Morgan fingerprint density at radius 2 is 2.18 bits per heavy atom. The molecule has 0 spiro atoms. The Balaban J connectivity index is 1.45. The van der Waals surface area contributed by atoms with Crippen LogP contribution in [0, 0.1) is 18.7 Å². The third-order valence-electron chi connectivity index (χ3n) is 5.37. The van der Waals surface area contributed by atoms with E-state index in [0.29, 0.717) is 42.2 Å². The predicted octanol–water partition coefficient (Wildman–Crippen LogP) is 2.42. The van der Waals surface area contributed by atoms with Gasteiger partial charge in [0, 0.05) is 32.1 Å². The standard InChI is InChI=1S/C21H23FN4O2/c1-14-2-3-15(9-19(14)22)8-16-4-6-25(12-16)21(28)18-11-24-26-13-17(5-7-27)10-23-20(18)26/h2-3,9-11,13,16,27H,4-8,12H2,1H3. The lowest BCUT2D eigenvalue weighted by molar-refractivity contribution is 0.0788. The molecule has 1 amide bonds. The number of aliphatic hydroxyl groups excluding tert-OH is 1. The van der Waals surface area contributed by atoms with Crippen molar-refractivity contribution in [2.75, 3.05) is 19.7 Å². The molecule has 6 nitrogen and oxygen atoms in total. The molecule has 1 aliphatic rings. The minimum absolute atomic E-state index is 0.0420. The second-order valence-electron chi connectivity index (χ2n) is 7.46. The predicted molar refractivity (Wildman–Crippen MR) is 103 cm³/mol. The Morgan fingerprint density at radius 3 is 2.96 bits per heavy atom. The van der Waals surface area contributed by atoms with Crippen LogP contribution in [0.15, 0.2) is 36.8 Å². The van der Waals surface area contributed by atoms with Gasteiger partial charge in [-0.2, -0.15) is 5.10 Å². The summed E-state index contributed by atoms with van der Waals surface area (Å²) in [5, 5.41) is 13.3. The van der Waals surface area contributed by atoms with Crippen LogP contribution in [-0.4, -0.2) is 50.2 Å². The average molecular weight is 382 g/mol. The van der Waals surface area contributed by atoms with Crippen LogP contribution in [0.1, 0.15) is 33.5 Å². The maximum atomic E-state index is 13.8. The molecule has 2 aromatic heterocycles. The van der Waals surface area contributed by atoms with E-state index >= 15 is 0 Å². The van der Waals surface area contributed by atoms with E-state index in [4.69, 9.17) is 5.11 Å². The van der Waals surface area contributed by atoms with Crippen molar-refractivity contribution in [3.8, 4) is 0 Å². The van der Waals surface area contributed by atoms with Crippen molar-refractivity contribution in [1.29, 1.82) is 0 Å². The van der Waals surface area contributed by atoms with E-state index in [9.17, 15) is 9.18 Å². The molecule has 146 valence electrons. The highest BCUT2D eigenvalue weighted by molar-refractivity contribution is 5.99. The highest BCUT2D eigenvalue weighted by atomic mass is 19.1. The molecule has 0 saturated carbocycles. The van der Waals surface area contributed by atoms with Gasteiger partial charge in [-0.1, -0.05) is 12.1 Å². The third kappa shape index (κ3) is 3.62. The molecular weight excluding hydrogens is 359 g/mol. The number of aliphatic hydroxyl groups is 1. The van der Waals surface area contributed by atoms with E-state index in [-0.39, 0.29) is 18.3 Å². The quantitative estimate of drug-likeness (QED) is 0.736. The van der Waals surface area contributed by atoms with Crippen molar-refractivity contribution in [2.45, 2.75) is 26.2 Å². The average Bonchev–Trinajstić information content (AvgIpc) is 3.31. The summed E-state index contributed by atoms with van der Waals surface area (Å²) >= 11 is 0. The third-order valence-corrected chi connectivity index (χ3v) is 5.37. The summed E-state index contributed by atoms with van der Waals surface area (Å²) in [7, 11) is 0. The van der Waals surface area contributed by atoms with Crippen molar-refractivity contribution in [1.82, 2.24) is 19.5 Å². The minimum Gasteiger partial charge on any atom is -0.396 e. The Morgan fingerprint density at radius 1 is 1.32 bits per heavy atom. The summed E-state index contributed by atoms with van der Waals surface area (Å²) in [5.41, 5.74) is 3.49. The normalized spacial score (nSPS) is 16.8. The van der Waals surface area contributed by atoms with Crippen LogP contribution in [0.5, 0.6) is 0 Å². The number of amides is 1. The molecule has 1 fully saturated rings. The molecule has 1 atom stereocenters. The number of aryl methyl sites for hydroxylation is 1. The lowest BCUT2D eigenvalue weighted by atomic mass is 9.98. The largest absolute Gasteiger partial charge is 0.396 e. The summed E-state index contributed by atoms with van der Waals surface area (Å²) in [6, 6.07) is 5.36. The highest BCUT2D eigenvalue weighted by Crippen LogP contribution is 2.24. The van der Waals surface area contributed by atoms with Gasteiger partial charge in [0.2, 0.25) is 0 Å². The van der Waals surface area contributed by atoms with E-state index in [1.54, 1.807) is 42.2 Å². The lowest BCUT2D eigenvalue weighted by Gasteiger charge is -2.16. The Labute approximate surface area is 162 Å². The van der Waals surface area contributed by atoms with Gasteiger partial charge < -0.3 is 10.0 Å². The zero-order valence-electron chi connectivity index (χ0n) is 15.8. The van der Waals surface area contributed by atoms with Gasteiger partial charge in [-0.15, -0.1) is 0 Å². The number of likely N-dealkylation sites (tertiary alicyclic amines) is 1. The van der Waals surface area contributed by atoms with Gasteiger partial charge in [-0.05, 0) is 54.9 Å². The molecule has 28 heavy (non-hydrogen) atoms. The molecular formula is C21H23FN4O2. The van der Waals surface area contributed by atoms with Crippen LogP contribution >= 0.6 is 0 Å². The first-order valence-corrected chi connectivity index (χ1v) is 9.52. The van der Waals surface area contributed by atoms with E-state index in [1.807, 2.05) is 11.0 Å². The second-order valence-corrected chi connectivity index (χ2v) is 7.46. The van der Waals surface area contributed by atoms with E-state index in [1.165, 1.54) is 0 Å². The first-order valence-electron chi connectivity index (χ1n) is 9.52. The molecule has 1 aromatic carbocycles. The van der Waals surface area contributed by atoms with Gasteiger partial charge >= 0.3 is 0 Å². The SMILES string of the molecule is Cc1ccc(CC2CCN(C(=O)c3cnn4cc(CCO)cnc34)C2)cc1F. The Kier molecular flexibility index (Phi) is 5.09. The van der Waals surface area contributed by atoms with Crippen molar-refractivity contribution in [2.24, 2.45) is 5.92 Å². The zero-order valence-corrected chi connectivity index (χ0v) is 15.8. The lowest BCUT2D eigenvalue weighted by Crippen LogP contribution is -2.29. The highest BCUT2D eigenvalue weighted by Gasteiger charge is 2.29. The van der Waals surface area contributed by atoms with Crippen LogP contribution in [0.2, 0.25) is 0 Å². The van der Waals surface area contributed by atoms with Crippen molar-refractivity contribution < 1.29 is 14.3 Å². The number of rotatable bonds is 5. The number of hydrogen-bond acceptors (Lipinski definition) is 4. The van der Waals surface area contributed by atoms with Crippen LogP contribution in [0.25, 0.3) is 5.65 Å². The summed E-state index contributed by atoms with van der Waals surface area (Å²) in [4.78, 5) is 19.1. The fraction of sp³-hybridized carbons (Fsp3) is 0.381. The fourth-order valence-corrected chi connectivity index (χ4v) is 3.77. The molecule has 0 bridgehead atoms. The summed E-state index contributed by atoms with van der Waals surface area (Å²) in [5.74, 6) is 0.0634. The van der Waals surface area contributed by atoms with Gasteiger partial charge in [0.15, 0.2) is 5.65 Å². The monoisotopic (exact) mass is 382 g/mol. The Hall–Kier alpha value is -2.80. The molecule has 1 saturated heterocycles. The fourth-order valence-electron chi connectivity index (χ4n) is 3.77. The van der Waals surface area contributed by atoms with Crippen LogP contribution in [0.4, 0.5) is 4.39 Å². The van der Waals surface area contributed by atoms with Crippen molar-refractivity contribution in [3.05, 3.63) is 64.9 Å². The second kappa shape index (κ2) is 7.67. The van der Waals surface area contributed by atoms with E-state index in [0.717, 1.165) is 24.0 Å². The number of halogens is 1. The van der Waals surface area contributed by atoms with Gasteiger partial charge in [0.1, 0.15) is 11.4 Å². The van der Waals surface area contributed by atoms with Gasteiger partial charge in [0.05, 0.1) is 6.20 Å². The maximum Gasteiger partial charge on any atom is 0.259 e. The van der Waals surface area contributed by atoms with Crippen LogP contribution in [-0.2, 0) is 12.8 Å². The maximum absolute atomic E-state index is 13.8. The molecule has 1 N–H and O–H groups in total.